The second-order valence-electron chi connectivity index (χ2n) is 7.35. The highest BCUT2D eigenvalue weighted by Gasteiger charge is 2.39. The topological polar surface area (TPSA) is 87.7 Å². The lowest BCUT2D eigenvalue weighted by atomic mass is 10.1. The number of para-hydroxylation sites is 2. The summed E-state index contributed by atoms with van der Waals surface area (Å²) in [6.45, 7) is 2.30. The monoisotopic (exact) mass is 529 g/mol. The summed E-state index contributed by atoms with van der Waals surface area (Å²) in [5, 5.41) is 5.89. The van der Waals surface area contributed by atoms with E-state index in [0.717, 1.165) is 4.90 Å². The van der Waals surface area contributed by atoms with Crippen molar-refractivity contribution >= 4 is 69.6 Å². The molecule has 1 aliphatic heterocycles. The third-order valence-corrected chi connectivity index (χ3v) is 5.75. The number of carbonyl (C=O) groups excluding carboxylic acids is 3. The average molecular weight is 531 g/mol. The smallest absolute Gasteiger partial charge is 0.283 e. The molecule has 10 heteroatoms. The summed E-state index contributed by atoms with van der Waals surface area (Å²) in [6.07, 6.45) is 0. The Balaban J connectivity index is 1.55. The quantitative estimate of drug-likeness (QED) is 0.362. The molecular weight excluding hydrogens is 513 g/mol. The van der Waals surface area contributed by atoms with E-state index in [9.17, 15) is 14.4 Å². The van der Waals surface area contributed by atoms with Crippen molar-refractivity contribution in [3.63, 3.8) is 0 Å². The summed E-state index contributed by atoms with van der Waals surface area (Å²) in [5.74, 6) is -1.24. The van der Waals surface area contributed by atoms with Gasteiger partial charge in [-0.3, -0.25) is 14.4 Å². The molecule has 0 radical (unpaired) electrons. The fourth-order valence-corrected chi connectivity index (χ4v) is 4.17. The number of nitrogens with zero attached hydrogens (tertiary/aromatic N) is 1. The molecule has 0 atom stereocenters. The summed E-state index contributed by atoms with van der Waals surface area (Å²) in [6, 6.07) is 17.8. The van der Waals surface area contributed by atoms with Crippen molar-refractivity contribution in [3.8, 4) is 5.75 Å². The highest BCUT2D eigenvalue weighted by molar-refractivity contribution is 6.53. The molecule has 3 aromatic carbocycles. The van der Waals surface area contributed by atoms with Crippen LogP contribution >= 0.6 is 34.8 Å². The first-order valence-corrected chi connectivity index (χ1v) is 11.6. The third kappa shape index (κ3) is 5.27. The molecule has 0 spiro atoms. The lowest BCUT2D eigenvalue weighted by molar-refractivity contribution is -0.120. The maximum atomic E-state index is 13.0. The summed E-state index contributed by atoms with van der Waals surface area (Å²) in [7, 11) is 0. The van der Waals surface area contributed by atoms with E-state index in [2.05, 4.69) is 10.6 Å². The zero-order valence-electron chi connectivity index (χ0n) is 18.3. The molecule has 3 amide bonds. The minimum Gasteiger partial charge on any atom is -0.492 e. The molecule has 0 unspecified atom stereocenters. The van der Waals surface area contributed by atoms with Crippen molar-refractivity contribution < 1.29 is 19.1 Å². The number of hydrogen-bond donors (Lipinski definition) is 2. The summed E-state index contributed by atoms with van der Waals surface area (Å²) in [4.78, 5) is 39.5. The van der Waals surface area contributed by atoms with Crippen LogP contribution in [0.25, 0.3) is 0 Å². The van der Waals surface area contributed by atoms with Crippen LogP contribution in [-0.4, -0.2) is 24.3 Å². The molecule has 4 rings (SSSR count). The molecule has 178 valence electrons. The molecule has 35 heavy (non-hydrogen) atoms. The Bertz CT molecular complexity index is 1350. The van der Waals surface area contributed by atoms with Gasteiger partial charge in [0.2, 0.25) is 0 Å². The van der Waals surface area contributed by atoms with Gasteiger partial charge in [0.25, 0.3) is 17.7 Å². The van der Waals surface area contributed by atoms with Crippen LogP contribution in [0.3, 0.4) is 0 Å². The zero-order chi connectivity index (χ0) is 25.1. The number of carbonyl (C=O) groups is 3. The van der Waals surface area contributed by atoms with Gasteiger partial charge in [-0.05, 0) is 55.5 Å². The summed E-state index contributed by atoms with van der Waals surface area (Å²) < 4.78 is 5.54. The Labute approximate surface area is 216 Å². The molecule has 3 aromatic rings. The van der Waals surface area contributed by atoms with Gasteiger partial charge in [-0.2, -0.15) is 0 Å². The summed E-state index contributed by atoms with van der Waals surface area (Å²) in [5.41, 5.74) is 1.28. The first-order valence-electron chi connectivity index (χ1n) is 10.4. The van der Waals surface area contributed by atoms with E-state index in [1.54, 1.807) is 36.4 Å². The zero-order valence-corrected chi connectivity index (χ0v) is 20.5. The molecule has 2 N–H and O–H groups in total. The third-order valence-electron chi connectivity index (χ3n) is 4.96. The van der Waals surface area contributed by atoms with Crippen LogP contribution in [-0.2, 0) is 9.59 Å². The molecule has 1 aliphatic rings. The highest BCUT2D eigenvalue weighted by Crippen LogP contribution is 2.33. The van der Waals surface area contributed by atoms with Crippen molar-refractivity contribution in [3.05, 3.63) is 93.1 Å². The SMILES string of the molecule is CCOc1ccccc1NC(=O)c1cccc(NC2=C(Cl)C(=O)N(c3cc(Cl)cc(Cl)c3)C2=O)c1. The Morgan fingerprint density at radius 3 is 2.34 bits per heavy atom. The van der Waals surface area contributed by atoms with Crippen molar-refractivity contribution in [1.82, 2.24) is 0 Å². The lowest BCUT2D eigenvalue weighted by Gasteiger charge is -2.16. The number of anilines is 3. The van der Waals surface area contributed by atoms with Gasteiger partial charge in [-0.1, -0.05) is 53.0 Å². The maximum Gasteiger partial charge on any atom is 0.283 e. The average Bonchev–Trinajstić information content (AvgIpc) is 3.03. The van der Waals surface area contributed by atoms with Crippen LogP contribution in [0, 0.1) is 0 Å². The van der Waals surface area contributed by atoms with Crippen molar-refractivity contribution in [2.75, 3.05) is 22.1 Å². The van der Waals surface area contributed by atoms with Crippen LogP contribution in [0.5, 0.6) is 5.75 Å². The van der Waals surface area contributed by atoms with Gasteiger partial charge >= 0.3 is 0 Å². The van der Waals surface area contributed by atoms with Crippen LogP contribution in [0.15, 0.2) is 77.5 Å². The number of amides is 3. The molecule has 0 saturated carbocycles. The minimum atomic E-state index is -0.723. The predicted molar refractivity (Wildman–Crippen MR) is 137 cm³/mol. The van der Waals surface area contributed by atoms with Crippen molar-refractivity contribution in [2.45, 2.75) is 6.92 Å². The normalized spacial score (nSPS) is 13.3. The first-order chi connectivity index (χ1) is 16.8. The van der Waals surface area contributed by atoms with Crippen LogP contribution < -0.4 is 20.3 Å². The van der Waals surface area contributed by atoms with Gasteiger partial charge in [-0.25, -0.2) is 4.90 Å². The largest absolute Gasteiger partial charge is 0.492 e. The first kappa shape index (κ1) is 24.6. The number of ether oxygens (including phenoxy) is 1. The molecule has 0 fully saturated rings. The number of benzene rings is 3. The number of hydrogen-bond acceptors (Lipinski definition) is 5. The Morgan fingerprint density at radius 2 is 1.63 bits per heavy atom. The molecule has 0 bridgehead atoms. The van der Waals surface area contributed by atoms with Crippen LogP contribution in [0.1, 0.15) is 17.3 Å². The molecule has 0 saturated heterocycles. The fraction of sp³-hybridized carbons (Fsp3) is 0.0800. The minimum absolute atomic E-state index is 0.132. The van der Waals surface area contributed by atoms with Gasteiger partial charge in [0.15, 0.2) is 0 Å². The number of nitrogens with one attached hydrogen (secondary N) is 2. The molecule has 7 nitrogen and oxygen atoms in total. The predicted octanol–water partition coefficient (Wildman–Crippen LogP) is 6.08. The van der Waals surface area contributed by atoms with E-state index in [4.69, 9.17) is 39.5 Å². The number of rotatable bonds is 7. The number of imide groups is 1. The van der Waals surface area contributed by atoms with E-state index in [1.807, 2.05) is 13.0 Å². The highest BCUT2D eigenvalue weighted by atomic mass is 35.5. The van der Waals surface area contributed by atoms with E-state index in [-0.39, 0.29) is 32.4 Å². The second-order valence-corrected chi connectivity index (χ2v) is 8.60. The Morgan fingerprint density at radius 1 is 0.914 bits per heavy atom. The van der Waals surface area contributed by atoms with Gasteiger partial charge in [-0.15, -0.1) is 0 Å². The molecular formula is C25H18Cl3N3O4. The number of halogens is 3. The fourth-order valence-electron chi connectivity index (χ4n) is 3.44. The molecule has 0 aliphatic carbocycles. The van der Waals surface area contributed by atoms with Crippen molar-refractivity contribution in [1.29, 1.82) is 0 Å². The van der Waals surface area contributed by atoms with Crippen LogP contribution in [0.2, 0.25) is 10.0 Å². The standard InChI is InChI=1S/C25H18Cl3N3O4/c1-2-35-20-9-4-3-8-19(20)30-23(32)14-6-5-7-17(10-14)29-22-21(28)24(33)31(25(22)34)18-12-15(26)11-16(27)13-18/h3-13,29H,2H2,1H3,(H,30,32). The van der Waals surface area contributed by atoms with E-state index < -0.39 is 11.8 Å². The maximum absolute atomic E-state index is 13.0. The van der Waals surface area contributed by atoms with Gasteiger partial charge in [0, 0.05) is 21.3 Å². The molecule has 0 aromatic heterocycles. The van der Waals surface area contributed by atoms with E-state index in [1.165, 1.54) is 24.3 Å². The van der Waals surface area contributed by atoms with Gasteiger partial charge in [0.1, 0.15) is 16.5 Å². The lowest BCUT2D eigenvalue weighted by Crippen LogP contribution is -2.32. The van der Waals surface area contributed by atoms with Crippen molar-refractivity contribution in [2.24, 2.45) is 0 Å². The van der Waals surface area contributed by atoms with Crippen LogP contribution in [0.4, 0.5) is 17.1 Å². The van der Waals surface area contributed by atoms with E-state index >= 15 is 0 Å². The van der Waals surface area contributed by atoms with E-state index in [0.29, 0.717) is 29.3 Å². The Kier molecular flexibility index (Phi) is 7.31. The van der Waals surface area contributed by atoms with Gasteiger partial charge in [0.05, 0.1) is 18.0 Å². The summed E-state index contributed by atoms with van der Waals surface area (Å²) >= 11 is 18.2. The second kappa shape index (κ2) is 10.4. The van der Waals surface area contributed by atoms with Gasteiger partial charge < -0.3 is 15.4 Å². The Hall–Kier alpha value is -3.52. The molecule has 1 heterocycles.